The second kappa shape index (κ2) is 6.85. The molecule has 7 heteroatoms. The van der Waals surface area contributed by atoms with Gasteiger partial charge in [0.25, 0.3) is 11.8 Å². The molecule has 2 amide bonds. The normalized spacial score (nSPS) is 15.5. The second-order valence-electron chi connectivity index (χ2n) is 5.80. The van der Waals surface area contributed by atoms with Gasteiger partial charge >= 0.3 is 0 Å². The lowest BCUT2D eigenvalue weighted by molar-refractivity contribution is -0.117. The number of halogens is 2. The van der Waals surface area contributed by atoms with Crippen molar-refractivity contribution in [3.63, 3.8) is 0 Å². The summed E-state index contributed by atoms with van der Waals surface area (Å²) in [5, 5.41) is 1.17. The number of carbonyl (C=O) groups excluding carboxylic acids is 2. The Labute approximate surface area is 162 Å². The van der Waals surface area contributed by atoms with Gasteiger partial charge in [-0.1, -0.05) is 28.1 Å². The Kier molecular flexibility index (Phi) is 4.37. The molecule has 1 aliphatic rings. The summed E-state index contributed by atoms with van der Waals surface area (Å²) < 4.78 is 20.3. The fourth-order valence-corrected chi connectivity index (χ4v) is 2.97. The van der Waals surface area contributed by atoms with Crippen LogP contribution in [0.5, 0.6) is 0 Å². The fraction of sp³-hybridized carbons (Fsp3) is 0. The molecule has 0 unspecified atom stereocenters. The largest absolute Gasteiger partial charge is 0.457 e. The van der Waals surface area contributed by atoms with Crippen LogP contribution in [-0.2, 0) is 9.59 Å². The van der Waals surface area contributed by atoms with E-state index in [1.165, 1.54) is 17.2 Å². The van der Waals surface area contributed by atoms with Crippen LogP contribution >= 0.6 is 15.9 Å². The molecule has 0 saturated carbocycles. The SMILES string of the molecule is O=C1NN(c2ccc(Br)cc2)C(=O)/C1=C\c1ccc(-c2ccccc2F)o1. The van der Waals surface area contributed by atoms with Gasteiger partial charge in [0, 0.05) is 4.47 Å². The Balaban J connectivity index is 1.63. The zero-order chi connectivity index (χ0) is 19.0. The van der Waals surface area contributed by atoms with Crippen LogP contribution in [0.2, 0.25) is 0 Å². The number of anilines is 1. The number of nitrogens with zero attached hydrogens (tertiary/aromatic N) is 1. The van der Waals surface area contributed by atoms with Crippen molar-refractivity contribution in [1.29, 1.82) is 0 Å². The molecule has 27 heavy (non-hydrogen) atoms. The van der Waals surface area contributed by atoms with E-state index in [0.717, 1.165) is 4.47 Å². The maximum atomic E-state index is 13.9. The van der Waals surface area contributed by atoms with Crippen molar-refractivity contribution in [3.8, 4) is 11.3 Å². The van der Waals surface area contributed by atoms with Crippen molar-refractivity contribution in [3.05, 3.63) is 82.3 Å². The third-order valence-electron chi connectivity index (χ3n) is 4.03. The lowest BCUT2D eigenvalue weighted by atomic mass is 10.1. The van der Waals surface area contributed by atoms with Crippen molar-refractivity contribution in [2.24, 2.45) is 0 Å². The number of benzene rings is 2. The Hall–Kier alpha value is -3.19. The molecule has 0 radical (unpaired) electrons. The van der Waals surface area contributed by atoms with E-state index in [0.29, 0.717) is 17.0 Å². The molecule has 4 rings (SSSR count). The van der Waals surface area contributed by atoms with Crippen molar-refractivity contribution in [1.82, 2.24) is 5.43 Å². The van der Waals surface area contributed by atoms with E-state index >= 15 is 0 Å². The molecular weight excluding hydrogens is 415 g/mol. The van der Waals surface area contributed by atoms with Crippen LogP contribution in [0.4, 0.5) is 10.1 Å². The number of furan rings is 1. The molecule has 1 aliphatic heterocycles. The van der Waals surface area contributed by atoms with Crippen molar-refractivity contribution < 1.29 is 18.4 Å². The molecule has 0 spiro atoms. The minimum atomic E-state index is -0.535. The minimum Gasteiger partial charge on any atom is -0.457 e. The number of amides is 2. The highest BCUT2D eigenvalue weighted by Crippen LogP contribution is 2.27. The molecule has 1 saturated heterocycles. The molecule has 3 aromatic rings. The van der Waals surface area contributed by atoms with E-state index in [4.69, 9.17) is 4.42 Å². The first-order valence-electron chi connectivity index (χ1n) is 8.00. The molecule has 0 atom stereocenters. The van der Waals surface area contributed by atoms with Crippen LogP contribution in [0.15, 0.2) is 75.1 Å². The molecule has 0 aliphatic carbocycles. The number of hydrogen-bond acceptors (Lipinski definition) is 3. The summed E-state index contributed by atoms with van der Waals surface area (Å²) in [4.78, 5) is 24.8. The Morgan fingerprint density at radius 3 is 2.48 bits per heavy atom. The van der Waals surface area contributed by atoms with E-state index in [9.17, 15) is 14.0 Å². The van der Waals surface area contributed by atoms with E-state index < -0.39 is 17.6 Å². The molecule has 2 heterocycles. The van der Waals surface area contributed by atoms with Crippen LogP contribution in [0, 0.1) is 5.82 Å². The van der Waals surface area contributed by atoms with E-state index in [-0.39, 0.29) is 11.3 Å². The van der Waals surface area contributed by atoms with Gasteiger partial charge < -0.3 is 4.42 Å². The second-order valence-corrected chi connectivity index (χ2v) is 6.71. The Bertz CT molecular complexity index is 1070. The summed E-state index contributed by atoms with van der Waals surface area (Å²) in [5.41, 5.74) is 3.29. The first-order chi connectivity index (χ1) is 13.0. The van der Waals surface area contributed by atoms with Gasteiger partial charge in [-0.3, -0.25) is 15.0 Å². The number of hydrazine groups is 1. The van der Waals surface area contributed by atoms with Crippen LogP contribution in [0.25, 0.3) is 17.4 Å². The van der Waals surface area contributed by atoms with Crippen molar-refractivity contribution in [2.45, 2.75) is 0 Å². The predicted molar refractivity (Wildman–Crippen MR) is 102 cm³/mol. The Morgan fingerprint density at radius 2 is 1.74 bits per heavy atom. The lowest BCUT2D eigenvalue weighted by Crippen LogP contribution is -2.35. The van der Waals surface area contributed by atoms with Gasteiger partial charge in [-0.2, -0.15) is 0 Å². The monoisotopic (exact) mass is 426 g/mol. The van der Waals surface area contributed by atoms with Crippen LogP contribution in [0.1, 0.15) is 5.76 Å². The fourth-order valence-electron chi connectivity index (χ4n) is 2.71. The van der Waals surface area contributed by atoms with Gasteiger partial charge in [0.05, 0.1) is 11.3 Å². The lowest BCUT2D eigenvalue weighted by Gasteiger charge is -2.14. The van der Waals surface area contributed by atoms with Gasteiger partial charge in [-0.15, -0.1) is 0 Å². The number of carbonyl (C=O) groups is 2. The smallest absolute Gasteiger partial charge is 0.282 e. The van der Waals surface area contributed by atoms with Crippen LogP contribution < -0.4 is 10.4 Å². The predicted octanol–water partition coefficient (Wildman–Crippen LogP) is 4.31. The first-order valence-corrected chi connectivity index (χ1v) is 8.80. The third kappa shape index (κ3) is 3.29. The maximum Gasteiger partial charge on any atom is 0.282 e. The number of nitrogens with one attached hydrogen (secondary N) is 1. The van der Waals surface area contributed by atoms with E-state index in [1.54, 1.807) is 54.6 Å². The summed E-state index contributed by atoms with van der Waals surface area (Å²) in [5.74, 6) is -0.847. The molecule has 2 aromatic carbocycles. The molecule has 134 valence electrons. The molecule has 1 fully saturated rings. The summed E-state index contributed by atoms with van der Waals surface area (Å²) in [7, 11) is 0. The van der Waals surface area contributed by atoms with Crippen LogP contribution in [0.3, 0.4) is 0 Å². The third-order valence-corrected chi connectivity index (χ3v) is 4.56. The molecule has 5 nitrogen and oxygen atoms in total. The highest BCUT2D eigenvalue weighted by Gasteiger charge is 2.34. The minimum absolute atomic E-state index is 0.0626. The average Bonchev–Trinajstić information content (AvgIpc) is 3.23. The molecule has 1 N–H and O–H groups in total. The van der Waals surface area contributed by atoms with E-state index in [2.05, 4.69) is 21.4 Å². The van der Waals surface area contributed by atoms with Crippen molar-refractivity contribution >= 4 is 39.5 Å². The summed E-state index contributed by atoms with van der Waals surface area (Å²) in [6, 6.07) is 16.3. The zero-order valence-electron chi connectivity index (χ0n) is 13.8. The van der Waals surface area contributed by atoms with Gasteiger partial charge in [-0.05, 0) is 54.6 Å². The zero-order valence-corrected chi connectivity index (χ0v) is 15.4. The molecule has 1 aromatic heterocycles. The Morgan fingerprint density at radius 1 is 1.00 bits per heavy atom. The average molecular weight is 427 g/mol. The number of hydrogen-bond donors (Lipinski definition) is 1. The van der Waals surface area contributed by atoms with Gasteiger partial charge in [-0.25, -0.2) is 9.40 Å². The summed E-state index contributed by atoms with van der Waals surface area (Å²) >= 11 is 3.32. The summed E-state index contributed by atoms with van der Waals surface area (Å²) in [6.07, 6.45) is 1.35. The quantitative estimate of drug-likeness (QED) is 0.501. The van der Waals surface area contributed by atoms with Crippen LogP contribution in [-0.4, -0.2) is 11.8 Å². The molecule has 0 bridgehead atoms. The topological polar surface area (TPSA) is 62.6 Å². The summed E-state index contributed by atoms with van der Waals surface area (Å²) in [6.45, 7) is 0. The van der Waals surface area contributed by atoms with E-state index in [1.807, 2.05) is 0 Å². The van der Waals surface area contributed by atoms with Gasteiger partial charge in [0.15, 0.2) is 0 Å². The first kappa shape index (κ1) is 17.2. The number of rotatable bonds is 3. The van der Waals surface area contributed by atoms with Gasteiger partial charge in [0.1, 0.15) is 22.9 Å². The standard InChI is InChI=1S/C20H12BrFN2O3/c21-12-5-7-13(8-6-12)24-20(26)16(19(25)23-24)11-14-9-10-18(27-14)15-3-1-2-4-17(15)22/h1-11H,(H,23,25)/b16-11-. The highest BCUT2D eigenvalue weighted by molar-refractivity contribution is 9.10. The highest BCUT2D eigenvalue weighted by atomic mass is 79.9. The molecular formula is C20H12BrFN2O3. The van der Waals surface area contributed by atoms with Crippen molar-refractivity contribution in [2.75, 3.05) is 5.01 Å². The maximum absolute atomic E-state index is 13.9. The van der Waals surface area contributed by atoms with Gasteiger partial charge in [0.2, 0.25) is 0 Å².